The fraction of sp³-hybridized carbons (Fsp3) is 0.435. The summed E-state index contributed by atoms with van der Waals surface area (Å²) in [7, 11) is 1.77. The van der Waals surface area contributed by atoms with Crippen LogP contribution >= 0.6 is 0 Å². The Morgan fingerprint density at radius 3 is 2.77 bits per heavy atom. The predicted molar refractivity (Wildman–Crippen MR) is 104 cm³/mol. The molecule has 3 atom stereocenters. The quantitative estimate of drug-likeness (QED) is 0.733. The third-order valence-corrected chi connectivity index (χ3v) is 6.26. The summed E-state index contributed by atoms with van der Waals surface area (Å²) in [5, 5.41) is 0. The summed E-state index contributed by atoms with van der Waals surface area (Å²) in [5.41, 5.74) is 4.03. The largest absolute Gasteiger partial charge is 0.496 e. The van der Waals surface area contributed by atoms with E-state index in [4.69, 9.17) is 4.74 Å². The maximum atomic E-state index is 11.6. The van der Waals surface area contributed by atoms with Crippen molar-refractivity contribution in [3.63, 3.8) is 0 Å². The van der Waals surface area contributed by atoms with E-state index in [0.29, 0.717) is 12.0 Å². The van der Waals surface area contributed by atoms with Crippen molar-refractivity contribution < 1.29 is 9.53 Å². The van der Waals surface area contributed by atoms with Crippen molar-refractivity contribution in [3.8, 4) is 5.75 Å². The topological polar surface area (TPSA) is 29.5 Å². The molecule has 1 heterocycles. The zero-order valence-electron chi connectivity index (χ0n) is 15.4. The van der Waals surface area contributed by atoms with Crippen molar-refractivity contribution in [1.82, 2.24) is 4.90 Å². The van der Waals surface area contributed by atoms with Crippen LogP contribution in [-0.4, -0.2) is 37.4 Å². The molecule has 0 N–H and O–H groups in total. The van der Waals surface area contributed by atoms with E-state index in [9.17, 15) is 4.79 Å². The molecule has 0 bridgehead atoms. The number of benzene rings is 2. The van der Waals surface area contributed by atoms with Gasteiger partial charge < -0.3 is 9.53 Å². The van der Waals surface area contributed by atoms with Crippen molar-refractivity contribution in [2.24, 2.45) is 0 Å². The lowest BCUT2D eigenvalue weighted by Gasteiger charge is -2.34. The van der Waals surface area contributed by atoms with Gasteiger partial charge >= 0.3 is 0 Å². The Labute approximate surface area is 156 Å². The van der Waals surface area contributed by atoms with Gasteiger partial charge in [0.05, 0.1) is 7.11 Å². The highest BCUT2D eigenvalue weighted by Crippen LogP contribution is 2.44. The lowest BCUT2D eigenvalue weighted by molar-refractivity contribution is -0.109. The van der Waals surface area contributed by atoms with E-state index in [-0.39, 0.29) is 5.92 Å². The minimum atomic E-state index is 0.00576. The summed E-state index contributed by atoms with van der Waals surface area (Å²) in [5.74, 6) is 1.66. The molecule has 0 radical (unpaired) electrons. The summed E-state index contributed by atoms with van der Waals surface area (Å²) in [6, 6.07) is 17.3. The molecule has 1 aliphatic heterocycles. The van der Waals surface area contributed by atoms with Crippen LogP contribution in [0.3, 0.4) is 0 Å². The number of likely N-dealkylation sites (tertiary alicyclic amines) is 1. The number of nitrogens with zero attached hydrogens (tertiary/aromatic N) is 1. The zero-order valence-corrected chi connectivity index (χ0v) is 15.4. The van der Waals surface area contributed by atoms with E-state index >= 15 is 0 Å². The van der Waals surface area contributed by atoms with Crippen LogP contribution in [0.4, 0.5) is 0 Å². The molecule has 3 nitrogen and oxygen atoms in total. The molecular weight excluding hydrogens is 322 g/mol. The molecule has 1 fully saturated rings. The van der Waals surface area contributed by atoms with Crippen molar-refractivity contribution in [3.05, 3.63) is 65.2 Å². The molecule has 2 aromatic carbocycles. The number of rotatable bonds is 6. The van der Waals surface area contributed by atoms with E-state index in [0.717, 1.165) is 43.5 Å². The normalized spacial score (nSPS) is 23.1. The Bertz CT molecular complexity index is 758. The van der Waals surface area contributed by atoms with E-state index in [1.807, 2.05) is 18.2 Å². The van der Waals surface area contributed by atoms with Crippen LogP contribution in [0.2, 0.25) is 0 Å². The van der Waals surface area contributed by atoms with Gasteiger partial charge in [-0.1, -0.05) is 42.5 Å². The SMILES string of the molecule is COc1cccc2c1CCC1C2CCN1CCC(C=O)c1ccccc1. The Hall–Kier alpha value is -2.13. The van der Waals surface area contributed by atoms with Crippen LogP contribution < -0.4 is 4.74 Å². The third kappa shape index (κ3) is 3.16. The number of ether oxygens (including phenoxy) is 1. The second-order valence-corrected chi connectivity index (χ2v) is 7.51. The lowest BCUT2D eigenvalue weighted by atomic mass is 9.79. The van der Waals surface area contributed by atoms with E-state index in [2.05, 4.69) is 35.2 Å². The summed E-state index contributed by atoms with van der Waals surface area (Å²) < 4.78 is 5.58. The van der Waals surface area contributed by atoms with E-state index in [1.54, 1.807) is 7.11 Å². The first-order chi connectivity index (χ1) is 12.8. The van der Waals surface area contributed by atoms with E-state index < -0.39 is 0 Å². The summed E-state index contributed by atoms with van der Waals surface area (Å²) in [6.45, 7) is 2.13. The van der Waals surface area contributed by atoms with Crippen molar-refractivity contribution in [1.29, 1.82) is 0 Å². The van der Waals surface area contributed by atoms with Crippen molar-refractivity contribution in [2.75, 3.05) is 20.2 Å². The highest BCUT2D eigenvalue weighted by atomic mass is 16.5. The van der Waals surface area contributed by atoms with Gasteiger partial charge in [-0.2, -0.15) is 0 Å². The second-order valence-electron chi connectivity index (χ2n) is 7.51. The zero-order chi connectivity index (χ0) is 17.9. The molecule has 136 valence electrons. The molecular formula is C23H27NO2. The first kappa shape index (κ1) is 17.3. The smallest absolute Gasteiger partial charge is 0.127 e. The van der Waals surface area contributed by atoms with Gasteiger partial charge in [0.1, 0.15) is 12.0 Å². The Morgan fingerprint density at radius 1 is 1.15 bits per heavy atom. The Balaban J connectivity index is 1.45. The first-order valence-electron chi connectivity index (χ1n) is 9.72. The molecule has 0 amide bonds. The molecule has 0 saturated carbocycles. The maximum absolute atomic E-state index is 11.6. The van der Waals surface area contributed by atoms with Gasteiger partial charge in [-0.15, -0.1) is 0 Å². The summed E-state index contributed by atoms with van der Waals surface area (Å²) in [4.78, 5) is 14.2. The summed E-state index contributed by atoms with van der Waals surface area (Å²) >= 11 is 0. The van der Waals surface area contributed by atoms with Gasteiger partial charge in [-0.05, 0) is 61.5 Å². The molecule has 0 aromatic heterocycles. The van der Waals surface area contributed by atoms with Crippen LogP contribution in [0.15, 0.2) is 48.5 Å². The molecule has 3 heteroatoms. The molecule has 1 aliphatic carbocycles. The second kappa shape index (κ2) is 7.63. The number of methoxy groups -OCH3 is 1. The van der Waals surface area contributed by atoms with E-state index in [1.165, 1.54) is 24.0 Å². The van der Waals surface area contributed by atoms with Crippen molar-refractivity contribution in [2.45, 2.75) is 43.6 Å². The van der Waals surface area contributed by atoms with Crippen LogP contribution in [0.1, 0.15) is 47.8 Å². The molecule has 2 aromatic rings. The molecule has 26 heavy (non-hydrogen) atoms. The number of hydrogen-bond acceptors (Lipinski definition) is 3. The minimum absolute atomic E-state index is 0.00576. The molecule has 0 spiro atoms. The average molecular weight is 349 g/mol. The maximum Gasteiger partial charge on any atom is 0.127 e. The van der Waals surface area contributed by atoms with Gasteiger partial charge in [0.2, 0.25) is 0 Å². The molecule has 1 saturated heterocycles. The standard InChI is InChI=1S/C23H27NO2/c1-26-23-9-5-8-19-20-13-15-24(22(20)11-10-21(19)23)14-12-18(16-25)17-6-3-2-4-7-17/h2-9,16,18,20,22H,10-15H2,1H3. The van der Waals surface area contributed by atoms with Gasteiger partial charge in [0, 0.05) is 17.9 Å². The number of hydrogen-bond donors (Lipinski definition) is 0. The highest BCUT2D eigenvalue weighted by Gasteiger charge is 2.39. The number of aldehydes is 1. The third-order valence-electron chi connectivity index (χ3n) is 6.26. The van der Waals surface area contributed by atoms with Gasteiger partial charge in [-0.3, -0.25) is 4.90 Å². The lowest BCUT2D eigenvalue weighted by Crippen LogP contribution is -2.36. The Morgan fingerprint density at radius 2 is 2.00 bits per heavy atom. The van der Waals surface area contributed by atoms with Crippen LogP contribution in [0.25, 0.3) is 0 Å². The molecule has 2 aliphatic rings. The monoisotopic (exact) mass is 349 g/mol. The first-order valence-corrected chi connectivity index (χ1v) is 9.72. The molecule has 4 rings (SSSR count). The highest BCUT2D eigenvalue weighted by molar-refractivity contribution is 5.62. The summed E-state index contributed by atoms with van der Waals surface area (Å²) in [6.07, 6.45) is 5.51. The fourth-order valence-corrected chi connectivity index (χ4v) is 4.94. The van der Waals surface area contributed by atoms with Crippen LogP contribution in [0.5, 0.6) is 5.75 Å². The predicted octanol–water partition coefficient (Wildman–Crippen LogP) is 4.17. The number of carbonyl (C=O) groups is 1. The van der Waals surface area contributed by atoms with Gasteiger partial charge in [0.15, 0.2) is 0 Å². The Kier molecular flexibility index (Phi) is 5.07. The van der Waals surface area contributed by atoms with Gasteiger partial charge in [-0.25, -0.2) is 0 Å². The molecule has 3 unspecified atom stereocenters. The minimum Gasteiger partial charge on any atom is -0.496 e. The number of fused-ring (bicyclic) bond motifs is 3. The van der Waals surface area contributed by atoms with Crippen LogP contribution in [0, 0.1) is 0 Å². The van der Waals surface area contributed by atoms with Crippen LogP contribution in [-0.2, 0) is 11.2 Å². The fourth-order valence-electron chi connectivity index (χ4n) is 4.94. The van der Waals surface area contributed by atoms with Crippen molar-refractivity contribution >= 4 is 6.29 Å². The average Bonchev–Trinajstić information content (AvgIpc) is 3.12. The number of carbonyl (C=O) groups excluding carboxylic acids is 1. The van der Waals surface area contributed by atoms with Gasteiger partial charge in [0.25, 0.3) is 0 Å².